The number of halogens is 1. The van der Waals surface area contributed by atoms with Gasteiger partial charge in [-0.2, -0.15) is 0 Å². The van der Waals surface area contributed by atoms with Gasteiger partial charge in [0.05, 0.1) is 0 Å². The van der Waals surface area contributed by atoms with E-state index in [-0.39, 0.29) is 24.2 Å². The maximum atomic E-state index is 13.9. The lowest BCUT2D eigenvalue weighted by atomic mass is 9.98. The van der Waals surface area contributed by atoms with Crippen molar-refractivity contribution in [3.05, 3.63) is 35.6 Å². The summed E-state index contributed by atoms with van der Waals surface area (Å²) in [5, 5.41) is 0. The van der Waals surface area contributed by atoms with Crippen LogP contribution < -0.4 is 0 Å². The number of piperazine rings is 1. The fourth-order valence-electron chi connectivity index (χ4n) is 3.48. The molecule has 0 saturated carbocycles. The third kappa shape index (κ3) is 3.50. The first-order chi connectivity index (χ1) is 12.0. The van der Waals surface area contributed by atoms with Gasteiger partial charge in [0.15, 0.2) is 0 Å². The average molecular weight is 347 g/mol. The normalized spacial score (nSPS) is 21.2. The zero-order chi connectivity index (χ0) is 18.0. The van der Waals surface area contributed by atoms with Gasteiger partial charge in [0.1, 0.15) is 12.4 Å². The van der Waals surface area contributed by atoms with E-state index in [9.17, 15) is 18.8 Å². The number of benzene rings is 1. The van der Waals surface area contributed by atoms with Crippen molar-refractivity contribution in [2.45, 2.75) is 19.3 Å². The summed E-state index contributed by atoms with van der Waals surface area (Å²) in [6, 6.07) is 6.62. The molecule has 0 radical (unpaired) electrons. The van der Waals surface area contributed by atoms with Crippen molar-refractivity contribution >= 4 is 17.7 Å². The second-order valence-electron chi connectivity index (χ2n) is 6.46. The minimum absolute atomic E-state index is 0.0283. The van der Waals surface area contributed by atoms with E-state index in [1.165, 1.54) is 15.9 Å². The molecular formula is C18H22FN3O3. The van der Waals surface area contributed by atoms with E-state index in [1.807, 2.05) is 6.92 Å². The van der Waals surface area contributed by atoms with Crippen LogP contribution in [0.25, 0.3) is 0 Å². The fourth-order valence-corrected chi connectivity index (χ4v) is 3.48. The molecule has 7 heteroatoms. The Morgan fingerprint density at radius 2 is 1.80 bits per heavy atom. The van der Waals surface area contributed by atoms with Gasteiger partial charge in [-0.05, 0) is 25.0 Å². The average Bonchev–Trinajstić information content (AvgIpc) is 3.09. The number of carbonyl (C=O) groups is 3. The summed E-state index contributed by atoms with van der Waals surface area (Å²) in [4.78, 5) is 40.9. The Morgan fingerprint density at radius 1 is 1.12 bits per heavy atom. The highest BCUT2D eigenvalue weighted by Crippen LogP contribution is 2.29. The van der Waals surface area contributed by atoms with E-state index < -0.39 is 11.8 Å². The number of hydrogen-bond acceptors (Lipinski definition) is 3. The van der Waals surface area contributed by atoms with Crippen LogP contribution in [-0.2, 0) is 14.4 Å². The van der Waals surface area contributed by atoms with E-state index in [2.05, 4.69) is 0 Å². The molecule has 1 atom stereocenters. The van der Waals surface area contributed by atoms with Crippen LogP contribution in [0, 0.1) is 5.82 Å². The number of nitrogens with zero attached hydrogens (tertiary/aromatic N) is 3. The molecule has 1 aromatic rings. The summed E-state index contributed by atoms with van der Waals surface area (Å²) in [5.41, 5.74) is 0.626. The Labute approximate surface area is 146 Å². The monoisotopic (exact) mass is 347 g/mol. The van der Waals surface area contributed by atoms with Gasteiger partial charge in [0.25, 0.3) is 0 Å². The van der Waals surface area contributed by atoms with Crippen LogP contribution in [0.4, 0.5) is 4.39 Å². The van der Waals surface area contributed by atoms with Gasteiger partial charge < -0.3 is 14.7 Å². The molecule has 2 aliphatic heterocycles. The summed E-state index contributed by atoms with van der Waals surface area (Å²) < 4.78 is 13.9. The number of rotatable bonds is 4. The molecule has 0 aliphatic carbocycles. The van der Waals surface area contributed by atoms with Crippen LogP contribution in [-0.4, -0.2) is 71.7 Å². The number of amides is 3. The lowest BCUT2D eigenvalue weighted by molar-refractivity contribution is -0.157. The van der Waals surface area contributed by atoms with Crippen molar-refractivity contribution < 1.29 is 18.8 Å². The molecule has 2 fully saturated rings. The van der Waals surface area contributed by atoms with Gasteiger partial charge in [0.2, 0.25) is 5.91 Å². The Kier molecular flexibility index (Phi) is 5.01. The molecule has 0 aromatic heterocycles. The molecule has 2 saturated heterocycles. The summed E-state index contributed by atoms with van der Waals surface area (Å²) in [5.74, 6) is -1.64. The van der Waals surface area contributed by atoms with Crippen LogP contribution >= 0.6 is 0 Å². The van der Waals surface area contributed by atoms with E-state index in [4.69, 9.17) is 0 Å². The maximum Gasteiger partial charge on any atom is 0.312 e. The highest BCUT2D eigenvalue weighted by Gasteiger charge is 2.35. The lowest BCUT2D eigenvalue weighted by Gasteiger charge is -2.33. The molecule has 134 valence electrons. The van der Waals surface area contributed by atoms with E-state index in [1.54, 1.807) is 23.1 Å². The topological polar surface area (TPSA) is 60.9 Å². The minimum atomic E-state index is -0.619. The second-order valence-corrected chi connectivity index (χ2v) is 6.46. The van der Waals surface area contributed by atoms with Crippen LogP contribution in [0.1, 0.15) is 24.8 Å². The Morgan fingerprint density at radius 3 is 2.52 bits per heavy atom. The highest BCUT2D eigenvalue weighted by atomic mass is 19.1. The van der Waals surface area contributed by atoms with Crippen LogP contribution in [0.5, 0.6) is 0 Å². The molecule has 0 unspecified atom stereocenters. The van der Waals surface area contributed by atoms with E-state index in [0.29, 0.717) is 44.7 Å². The maximum absolute atomic E-state index is 13.9. The third-order valence-electron chi connectivity index (χ3n) is 4.99. The molecule has 3 rings (SSSR count). The van der Waals surface area contributed by atoms with E-state index in [0.717, 1.165) is 0 Å². The zero-order valence-electron chi connectivity index (χ0n) is 14.3. The molecule has 0 bridgehead atoms. The first-order valence-electron chi connectivity index (χ1n) is 8.61. The van der Waals surface area contributed by atoms with Gasteiger partial charge in [-0.3, -0.25) is 14.4 Å². The number of likely N-dealkylation sites (tertiary alicyclic amines) is 1. The Balaban J connectivity index is 1.59. The molecule has 25 heavy (non-hydrogen) atoms. The van der Waals surface area contributed by atoms with Crippen molar-refractivity contribution in [2.75, 3.05) is 39.3 Å². The first kappa shape index (κ1) is 17.4. The van der Waals surface area contributed by atoms with Crippen molar-refractivity contribution in [3.8, 4) is 0 Å². The van der Waals surface area contributed by atoms with Gasteiger partial charge in [-0.15, -0.1) is 0 Å². The molecule has 3 amide bonds. The smallest absolute Gasteiger partial charge is 0.312 e. The molecular weight excluding hydrogens is 325 g/mol. The minimum Gasteiger partial charge on any atom is -0.341 e. The molecule has 0 N–H and O–H groups in total. The third-order valence-corrected chi connectivity index (χ3v) is 4.99. The van der Waals surface area contributed by atoms with Crippen molar-refractivity contribution in [1.82, 2.24) is 14.7 Å². The summed E-state index contributed by atoms with van der Waals surface area (Å²) in [6.07, 6.45) is 0.698. The number of likely N-dealkylation sites (N-methyl/N-ethyl adjacent to an activating group) is 1. The van der Waals surface area contributed by atoms with Crippen LogP contribution in [0.3, 0.4) is 0 Å². The Bertz CT molecular complexity index is 694. The largest absolute Gasteiger partial charge is 0.341 e. The first-order valence-corrected chi connectivity index (χ1v) is 8.61. The fraction of sp³-hybridized carbons (Fsp3) is 0.500. The van der Waals surface area contributed by atoms with Crippen LogP contribution in [0.15, 0.2) is 24.3 Å². The standard InChI is InChI=1S/C18H22FN3O3/c1-2-20-9-10-22(18(25)17(20)24)12-16(23)21-8-7-13(11-21)14-5-3-4-6-15(14)19/h3-6,13H,2,7-12H2,1H3/t13-/m0/s1. The van der Waals surface area contributed by atoms with Gasteiger partial charge in [0, 0.05) is 38.6 Å². The zero-order valence-corrected chi connectivity index (χ0v) is 14.3. The van der Waals surface area contributed by atoms with Gasteiger partial charge in [-0.1, -0.05) is 18.2 Å². The predicted molar refractivity (Wildman–Crippen MR) is 89.2 cm³/mol. The van der Waals surface area contributed by atoms with Gasteiger partial charge >= 0.3 is 11.8 Å². The molecule has 2 heterocycles. The van der Waals surface area contributed by atoms with Gasteiger partial charge in [-0.25, -0.2) is 4.39 Å². The van der Waals surface area contributed by atoms with Crippen molar-refractivity contribution in [2.24, 2.45) is 0 Å². The number of carbonyl (C=O) groups excluding carboxylic acids is 3. The Hall–Kier alpha value is -2.44. The summed E-state index contributed by atoms with van der Waals surface area (Å²) in [6.45, 7) is 4.01. The predicted octanol–water partition coefficient (Wildman–Crippen LogP) is 0.832. The molecule has 1 aromatic carbocycles. The summed E-state index contributed by atoms with van der Waals surface area (Å²) in [7, 11) is 0. The second kappa shape index (κ2) is 7.21. The highest BCUT2D eigenvalue weighted by molar-refractivity contribution is 6.35. The van der Waals surface area contributed by atoms with Crippen molar-refractivity contribution in [1.29, 1.82) is 0 Å². The quantitative estimate of drug-likeness (QED) is 0.758. The molecule has 0 spiro atoms. The van der Waals surface area contributed by atoms with Crippen LogP contribution in [0.2, 0.25) is 0 Å². The lowest BCUT2D eigenvalue weighted by Crippen LogP contribution is -2.56. The summed E-state index contributed by atoms with van der Waals surface area (Å²) >= 11 is 0. The van der Waals surface area contributed by atoms with Crippen molar-refractivity contribution in [3.63, 3.8) is 0 Å². The van der Waals surface area contributed by atoms with E-state index >= 15 is 0 Å². The molecule has 2 aliphatic rings. The molecule has 6 nitrogen and oxygen atoms in total. The SMILES string of the molecule is CCN1CCN(CC(=O)N2CC[C@H](c3ccccc3F)C2)C(=O)C1=O. The number of hydrogen-bond donors (Lipinski definition) is 0.